The van der Waals surface area contributed by atoms with Gasteiger partial charge in [0, 0.05) is 29.6 Å². The number of amides is 2. The van der Waals surface area contributed by atoms with Gasteiger partial charge in [-0.3, -0.25) is 9.59 Å². The summed E-state index contributed by atoms with van der Waals surface area (Å²) in [5, 5.41) is 8.55. The monoisotopic (exact) mass is 315 g/mol. The van der Waals surface area contributed by atoms with Crippen LogP contribution in [-0.2, 0) is 16.1 Å². The van der Waals surface area contributed by atoms with Crippen LogP contribution in [0.5, 0.6) is 0 Å². The average Bonchev–Trinajstić information content (AvgIpc) is 3.14. The van der Waals surface area contributed by atoms with E-state index >= 15 is 0 Å². The maximum atomic E-state index is 12.1. The number of thiazole rings is 1. The number of hydrogen-bond donors (Lipinski definition) is 2. The van der Waals surface area contributed by atoms with E-state index in [9.17, 15) is 9.59 Å². The second-order valence-electron chi connectivity index (χ2n) is 5.33. The first-order valence-corrected chi connectivity index (χ1v) is 8.09. The minimum absolute atomic E-state index is 0.0567. The van der Waals surface area contributed by atoms with Crippen LogP contribution in [0, 0.1) is 6.92 Å². The van der Waals surface area contributed by atoms with E-state index in [1.807, 2.05) is 36.6 Å². The predicted molar refractivity (Wildman–Crippen MR) is 85.3 cm³/mol. The van der Waals surface area contributed by atoms with E-state index < -0.39 is 6.04 Å². The lowest BCUT2D eigenvalue weighted by Crippen LogP contribution is -2.41. The van der Waals surface area contributed by atoms with Crippen molar-refractivity contribution in [3.05, 3.63) is 40.9 Å². The minimum atomic E-state index is -0.401. The van der Waals surface area contributed by atoms with E-state index in [0.29, 0.717) is 19.4 Å². The fourth-order valence-electron chi connectivity index (χ4n) is 2.48. The van der Waals surface area contributed by atoms with E-state index in [0.717, 1.165) is 21.8 Å². The van der Waals surface area contributed by atoms with Gasteiger partial charge in [0.05, 0.1) is 0 Å². The topological polar surface area (TPSA) is 71.1 Å². The highest BCUT2D eigenvalue weighted by Crippen LogP contribution is 2.26. The number of nitrogens with one attached hydrogen (secondary N) is 2. The molecule has 1 unspecified atom stereocenters. The summed E-state index contributed by atoms with van der Waals surface area (Å²) in [5.74, 6) is -0.185. The van der Waals surface area contributed by atoms with Crippen molar-refractivity contribution in [1.29, 1.82) is 0 Å². The van der Waals surface area contributed by atoms with Gasteiger partial charge in [0.15, 0.2) is 0 Å². The maximum absolute atomic E-state index is 12.1. The molecule has 1 saturated heterocycles. The summed E-state index contributed by atoms with van der Waals surface area (Å²) >= 11 is 1.60. The highest BCUT2D eigenvalue weighted by atomic mass is 32.1. The lowest BCUT2D eigenvalue weighted by Gasteiger charge is -2.12. The number of rotatable bonds is 4. The van der Waals surface area contributed by atoms with Crippen LogP contribution < -0.4 is 10.6 Å². The molecule has 5 nitrogen and oxygen atoms in total. The minimum Gasteiger partial charge on any atom is -0.350 e. The number of hydrogen-bond acceptors (Lipinski definition) is 4. The fraction of sp³-hybridized carbons (Fsp3) is 0.312. The quantitative estimate of drug-likeness (QED) is 0.906. The molecule has 114 valence electrons. The van der Waals surface area contributed by atoms with Crippen LogP contribution in [0.2, 0.25) is 0 Å². The number of carbonyl (C=O) groups is 2. The second-order valence-corrected chi connectivity index (χ2v) is 6.19. The SMILES string of the molecule is Cc1csc(-c2ccccc2CNC(=O)C2CCC(=O)N2)n1. The molecule has 6 heteroatoms. The first-order chi connectivity index (χ1) is 10.6. The molecule has 1 aliphatic rings. The predicted octanol–water partition coefficient (Wildman–Crippen LogP) is 2.01. The molecule has 0 bridgehead atoms. The highest BCUT2D eigenvalue weighted by molar-refractivity contribution is 7.13. The third-order valence-corrected chi connectivity index (χ3v) is 4.63. The number of aromatic nitrogens is 1. The third-order valence-electron chi connectivity index (χ3n) is 3.63. The Bertz CT molecular complexity index is 711. The molecule has 22 heavy (non-hydrogen) atoms. The zero-order valence-electron chi connectivity index (χ0n) is 12.3. The van der Waals surface area contributed by atoms with Gasteiger partial charge in [0.2, 0.25) is 11.8 Å². The molecule has 1 aromatic carbocycles. The van der Waals surface area contributed by atoms with Crippen LogP contribution in [0.4, 0.5) is 0 Å². The summed E-state index contributed by atoms with van der Waals surface area (Å²) in [6.07, 6.45) is 0.991. The number of benzene rings is 1. The summed E-state index contributed by atoms with van der Waals surface area (Å²) in [7, 11) is 0. The molecule has 0 saturated carbocycles. The van der Waals surface area contributed by atoms with Crippen LogP contribution in [0.15, 0.2) is 29.6 Å². The smallest absolute Gasteiger partial charge is 0.242 e. The molecule has 2 aromatic rings. The Hall–Kier alpha value is -2.21. The molecular weight excluding hydrogens is 298 g/mol. The molecule has 1 aromatic heterocycles. The van der Waals surface area contributed by atoms with Crippen molar-refractivity contribution in [1.82, 2.24) is 15.6 Å². The Balaban J connectivity index is 1.70. The standard InChI is InChI=1S/C16H17N3O2S/c1-10-9-22-16(18-10)12-5-3-2-4-11(12)8-17-15(21)13-6-7-14(20)19-13/h2-5,9,13H,6-8H2,1H3,(H,17,21)(H,19,20). The molecule has 0 radical (unpaired) electrons. The molecule has 1 atom stereocenters. The van der Waals surface area contributed by atoms with Crippen molar-refractivity contribution in [2.45, 2.75) is 32.4 Å². The molecule has 3 rings (SSSR count). The van der Waals surface area contributed by atoms with Crippen LogP contribution in [0.1, 0.15) is 24.1 Å². The Morgan fingerprint density at radius 3 is 2.95 bits per heavy atom. The molecular formula is C16H17N3O2S. The van der Waals surface area contributed by atoms with E-state index in [1.165, 1.54) is 0 Å². The van der Waals surface area contributed by atoms with E-state index in [-0.39, 0.29) is 11.8 Å². The zero-order valence-corrected chi connectivity index (χ0v) is 13.1. The van der Waals surface area contributed by atoms with Gasteiger partial charge >= 0.3 is 0 Å². The van der Waals surface area contributed by atoms with Crippen LogP contribution in [0.25, 0.3) is 10.6 Å². The number of aryl methyl sites for hydroxylation is 1. The second kappa shape index (κ2) is 6.27. The van der Waals surface area contributed by atoms with Gasteiger partial charge in [0.25, 0.3) is 0 Å². The van der Waals surface area contributed by atoms with Crippen molar-refractivity contribution in [3.8, 4) is 10.6 Å². The largest absolute Gasteiger partial charge is 0.350 e. The van der Waals surface area contributed by atoms with Crippen LogP contribution in [-0.4, -0.2) is 22.8 Å². The molecule has 0 aliphatic carbocycles. The van der Waals surface area contributed by atoms with Gasteiger partial charge < -0.3 is 10.6 Å². The van der Waals surface area contributed by atoms with Crippen molar-refractivity contribution in [2.24, 2.45) is 0 Å². The Kier molecular flexibility index (Phi) is 4.20. The van der Waals surface area contributed by atoms with Crippen LogP contribution >= 0.6 is 11.3 Å². The van der Waals surface area contributed by atoms with Crippen molar-refractivity contribution in [2.75, 3.05) is 0 Å². The Morgan fingerprint density at radius 1 is 1.45 bits per heavy atom. The van der Waals surface area contributed by atoms with E-state index in [1.54, 1.807) is 11.3 Å². The maximum Gasteiger partial charge on any atom is 0.242 e. The molecule has 2 amide bonds. The third kappa shape index (κ3) is 3.17. The van der Waals surface area contributed by atoms with Gasteiger partial charge in [-0.05, 0) is 18.9 Å². The first-order valence-electron chi connectivity index (χ1n) is 7.21. The van der Waals surface area contributed by atoms with Crippen LogP contribution in [0.3, 0.4) is 0 Å². The summed E-state index contributed by atoms with van der Waals surface area (Å²) in [4.78, 5) is 27.8. The summed E-state index contributed by atoms with van der Waals surface area (Å²) in [6, 6.07) is 7.51. The lowest BCUT2D eigenvalue weighted by molar-refractivity contribution is -0.125. The summed E-state index contributed by atoms with van der Waals surface area (Å²) in [6.45, 7) is 2.40. The Morgan fingerprint density at radius 2 is 2.27 bits per heavy atom. The zero-order chi connectivity index (χ0) is 15.5. The average molecular weight is 315 g/mol. The van der Waals surface area contributed by atoms with Gasteiger partial charge in [-0.1, -0.05) is 24.3 Å². The number of nitrogens with zero attached hydrogens (tertiary/aromatic N) is 1. The van der Waals surface area contributed by atoms with Gasteiger partial charge in [-0.15, -0.1) is 11.3 Å². The highest BCUT2D eigenvalue weighted by Gasteiger charge is 2.26. The molecule has 1 fully saturated rings. The Labute approximate surface area is 132 Å². The molecule has 2 heterocycles. The summed E-state index contributed by atoms with van der Waals surface area (Å²) < 4.78 is 0. The van der Waals surface area contributed by atoms with Gasteiger partial charge in [-0.25, -0.2) is 4.98 Å². The molecule has 1 aliphatic heterocycles. The molecule has 2 N–H and O–H groups in total. The van der Waals surface area contributed by atoms with E-state index in [4.69, 9.17) is 0 Å². The van der Waals surface area contributed by atoms with Gasteiger partial charge in [-0.2, -0.15) is 0 Å². The number of carbonyl (C=O) groups excluding carboxylic acids is 2. The van der Waals surface area contributed by atoms with Crippen molar-refractivity contribution in [3.63, 3.8) is 0 Å². The molecule has 0 spiro atoms. The van der Waals surface area contributed by atoms with Crippen molar-refractivity contribution >= 4 is 23.2 Å². The van der Waals surface area contributed by atoms with E-state index in [2.05, 4.69) is 15.6 Å². The lowest BCUT2D eigenvalue weighted by atomic mass is 10.1. The fourth-order valence-corrected chi connectivity index (χ4v) is 3.33. The first kappa shape index (κ1) is 14.7. The van der Waals surface area contributed by atoms with Crippen molar-refractivity contribution < 1.29 is 9.59 Å². The van der Waals surface area contributed by atoms with Gasteiger partial charge in [0.1, 0.15) is 11.0 Å². The summed E-state index contributed by atoms with van der Waals surface area (Å²) in [5.41, 5.74) is 3.05. The normalized spacial score (nSPS) is 17.3.